The molecule has 5 rings (SSSR count). The second-order valence-electron chi connectivity index (χ2n) is 6.79. The highest BCUT2D eigenvalue weighted by molar-refractivity contribution is 7.71. The van der Waals surface area contributed by atoms with Gasteiger partial charge in [-0.15, -0.1) is 0 Å². The van der Waals surface area contributed by atoms with Crippen molar-refractivity contribution < 1.29 is 14.3 Å². The molecule has 0 spiro atoms. The zero-order valence-corrected chi connectivity index (χ0v) is 14.9. The quantitative estimate of drug-likeness (QED) is 0.666. The summed E-state index contributed by atoms with van der Waals surface area (Å²) in [5, 5.41) is 0. The molecule has 6 heteroatoms. The van der Waals surface area contributed by atoms with Crippen LogP contribution in [0.5, 0.6) is 0 Å². The van der Waals surface area contributed by atoms with Crippen LogP contribution in [-0.4, -0.2) is 33.9 Å². The van der Waals surface area contributed by atoms with Gasteiger partial charge in [0, 0.05) is 6.42 Å². The highest BCUT2D eigenvalue weighted by Gasteiger charge is 2.44. The number of Topliss-reactive ketones (excluding diaryl/α,β-unsaturated/α-hetero) is 1. The molecule has 132 valence electrons. The molecule has 0 N–H and O–H groups in total. The summed E-state index contributed by atoms with van der Waals surface area (Å²) in [5.41, 5.74) is 3.28. The van der Waals surface area contributed by atoms with E-state index in [1.165, 1.54) is 5.56 Å². The largest absolute Gasteiger partial charge is 0.343 e. The number of ether oxygens (including phenoxy) is 2. The van der Waals surface area contributed by atoms with E-state index in [1.54, 1.807) is 0 Å². The molecule has 2 saturated heterocycles. The third-order valence-corrected chi connectivity index (χ3v) is 5.61. The van der Waals surface area contributed by atoms with Crippen LogP contribution in [0.4, 0.5) is 0 Å². The lowest BCUT2D eigenvalue weighted by molar-refractivity contribution is -0.156. The smallest absolute Gasteiger partial charge is 0.218 e. The van der Waals surface area contributed by atoms with E-state index in [1.807, 2.05) is 30.3 Å². The molecule has 0 amide bonds. The van der Waals surface area contributed by atoms with Gasteiger partial charge in [0.25, 0.3) is 0 Å². The molecule has 2 aliphatic heterocycles. The Labute approximate surface area is 155 Å². The molecule has 3 aromatic rings. The SMILES string of the molecule is O=C1CC(n2c(=S)n(Cc3ccccc3)c3ccccc32)C2COC1O2. The van der Waals surface area contributed by atoms with Crippen LogP contribution in [0.3, 0.4) is 0 Å². The molecule has 0 aliphatic carbocycles. The molecule has 5 nitrogen and oxygen atoms in total. The molecule has 1 aromatic heterocycles. The summed E-state index contributed by atoms with van der Waals surface area (Å²) in [6.45, 7) is 1.12. The molecule has 2 aliphatic rings. The maximum absolute atomic E-state index is 12.3. The van der Waals surface area contributed by atoms with Gasteiger partial charge in [-0.05, 0) is 29.9 Å². The first-order valence-electron chi connectivity index (χ1n) is 8.76. The number of benzene rings is 2. The van der Waals surface area contributed by atoms with Crippen LogP contribution in [0.15, 0.2) is 54.6 Å². The van der Waals surface area contributed by atoms with Crippen molar-refractivity contribution in [1.82, 2.24) is 9.13 Å². The van der Waals surface area contributed by atoms with E-state index in [0.717, 1.165) is 11.0 Å². The van der Waals surface area contributed by atoms with Crippen LogP contribution in [0, 0.1) is 4.77 Å². The predicted molar refractivity (Wildman–Crippen MR) is 99.6 cm³/mol. The fraction of sp³-hybridized carbons (Fsp3) is 0.300. The lowest BCUT2D eigenvalue weighted by Crippen LogP contribution is -2.37. The Morgan fingerprint density at radius 1 is 1.04 bits per heavy atom. The molecule has 2 fully saturated rings. The molecule has 2 aromatic carbocycles. The molecular weight excluding hydrogens is 348 g/mol. The molecule has 26 heavy (non-hydrogen) atoms. The maximum Gasteiger partial charge on any atom is 0.218 e. The summed E-state index contributed by atoms with van der Waals surface area (Å²) in [7, 11) is 0. The van der Waals surface area contributed by atoms with Gasteiger partial charge in [-0.3, -0.25) is 4.79 Å². The fourth-order valence-electron chi connectivity index (χ4n) is 3.95. The van der Waals surface area contributed by atoms with E-state index < -0.39 is 6.29 Å². The second-order valence-corrected chi connectivity index (χ2v) is 7.16. The number of nitrogens with zero attached hydrogens (tertiary/aromatic N) is 2. The summed E-state index contributed by atoms with van der Waals surface area (Å²) in [6.07, 6.45) is -0.438. The zero-order valence-electron chi connectivity index (χ0n) is 14.1. The van der Waals surface area contributed by atoms with Gasteiger partial charge in [0.2, 0.25) is 6.29 Å². The van der Waals surface area contributed by atoms with Crippen molar-refractivity contribution >= 4 is 29.0 Å². The van der Waals surface area contributed by atoms with Crippen molar-refractivity contribution in [2.24, 2.45) is 0 Å². The number of hydrogen-bond donors (Lipinski definition) is 0. The molecule has 2 bridgehead atoms. The van der Waals surface area contributed by atoms with Crippen molar-refractivity contribution in [3.05, 3.63) is 64.9 Å². The van der Waals surface area contributed by atoms with E-state index in [9.17, 15) is 4.79 Å². The number of aromatic nitrogens is 2. The minimum Gasteiger partial charge on any atom is -0.343 e. The lowest BCUT2D eigenvalue weighted by Gasteiger charge is -2.28. The van der Waals surface area contributed by atoms with Gasteiger partial charge in [0.05, 0.1) is 30.2 Å². The van der Waals surface area contributed by atoms with Crippen molar-refractivity contribution in [3.8, 4) is 0 Å². The number of imidazole rings is 1. The average Bonchev–Trinajstić information content (AvgIpc) is 3.21. The van der Waals surface area contributed by atoms with Crippen LogP contribution in [0.25, 0.3) is 11.0 Å². The van der Waals surface area contributed by atoms with E-state index in [-0.39, 0.29) is 17.9 Å². The lowest BCUT2D eigenvalue weighted by atomic mass is 10.0. The summed E-state index contributed by atoms with van der Waals surface area (Å²) in [4.78, 5) is 12.3. The van der Waals surface area contributed by atoms with Crippen molar-refractivity contribution in [1.29, 1.82) is 0 Å². The topological polar surface area (TPSA) is 45.4 Å². The van der Waals surface area contributed by atoms with E-state index in [0.29, 0.717) is 24.3 Å². The summed E-state index contributed by atoms with van der Waals surface area (Å²) >= 11 is 5.84. The summed E-state index contributed by atoms with van der Waals surface area (Å²) in [6, 6.07) is 18.3. The van der Waals surface area contributed by atoms with Crippen LogP contribution in [-0.2, 0) is 20.8 Å². The van der Waals surface area contributed by atoms with Crippen LogP contribution in [0.2, 0.25) is 0 Å². The Bertz CT molecular complexity index is 1040. The first-order chi connectivity index (χ1) is 12.7. The fourth-order valence-corrected chi connectivity index (χ4v) is 4.35. The number of carbonyl (C=O) groups excluding carboxylic acids is 1. The highest BCUT2D eigenvalue weighted by atomic mass is 32.1. The van der Waals surface area contributed by atoms with Gasteiger partial charge in [-0.25, -0.2) is 0 Å². The number of hydrogen-bond acceptors (Lipinski definition) is 4. The minimum atomic E-state index is -0.692. The Morgan fingerprint density at radius 2 is 1.77 bits per heavy atom. The molecule has 3 unspecified atom stereocenters. The Morgan fingerprint density at radius 3 is 2.58 bits per heavy atom. The standard InChI is InChI=1S/C20H18N2O3S/c23-17-10-16(18-12-24-19(17)25-18)22-15-9-5-4-8-14(15)21(20(22)26)11-13-6-2-1-3-7-13/h1-9,16,18-19H,10-12H2. The van der Waals surface area contributed by atoms with Crippen LogP contribution >= 0.6 is 12.2 Å². The maximum atomic E-state index is 12.3. The van der Waals surface area contributed by atoms with Gasteiger partial charge in [-0.2, -0.15) is 0 Å². The van der Waals surface area contributed by atoms with E-state index >= 15 is 0 Å². The highest BCUT2D eigenvalue weighted by Crippen LogP contribution is 2.36. The predicted octanol–water partition coefficient (Wildman–Crippen LogP) is 3.48. The normalized spacial score (nSPS) is 25.1. The second kappa shape index (κ2) is 6.16. The van der Waals surface area contributed by atoms with Gasteiger partial charge in [0.1, 0.15) is 6.10 Å². The zero-order chi connectivity index (χ0) is 17.7. The van der Waals surface area contributed by atoms with Gasteiger partial charge < -0.3 is 18.6 Å². The number of carbonyl (C=O) groups is 1. The Kier molecular flexibility index (Phi) is 3.77. The first kappa shape index (κ1) is 15.9. The minimum absolute atomic E-state index is 0.00876. The summed E-state index contributed by atoms with van der Waals surface area (Å²) in [5.74, 6) is -0.00876. The van der Waals surface area contributed by atoms with E-state index in [4.69, 9.17) is 21.7 Å². The van der Waals surface area contributed by atoms with Crippen LogP contribution < -0.4 is 0 Å². The van der Waals surface area contributed by atoms with Crippen molar-refractivity contribution in [3.63, 3.8) is 0 Å². The molecule has 0 radical (unpaired) electrons. The summed E-state index contributed by atoms with van der Waals surface area (Å²) < 4.78 is 16.2. The van der Waals surface area contributed by atoms with Crippen LogP contribution in [0.1, 0.15) is 18.0 Å². The average molecular weight is 366 g/mol. The monoisotopic (exact) mass is 366 g/mol. The first-order valence-corrected chi connectivity index (χ1v) is 9.16. The molecular formula is C20H18N2O3S. The van der Waals surface area contributed by atoms with Gasteiger partial charge >= 0.3 is 0 Å². The molecule has 3 atom stereocenters. The Hall–Kier alpha value is -2.28. The third kappa shape index (κ3) is 2.45. The number of ketones is 1. The Balaban J connectivity index is 1.65. The van der Waals surface area contributed by atoms with Crippen molar-refractivity contribution in [2.45, 2.75) is 31.4 Å². The molecule has 0 saturated carbocycles. The number of fused-ring (bicyclic) bond motifs is 3. The van der Waals surface area contributed by atoms with Gasteiger partial charge in [0.15, 0.2) is 10.6 Å². The molecule has 3 heterocycles. The number of para-hydroxylation sites is 2. The van der Waals surface area contributed by atoms with Gasteiger partial charge in [-0.1, -0.05) is 42.5 Å². The van der Waals surface area contributed by atoms with Crippen molar-refractivity contribution in [2.75, 3.05) is 6.61 Å². The number of rotatable bonds is 3. The van der Waals surface area contributed by atoms with E-state index in [2.05, 4.69) is 33.4 Å². The third-order valence-electron chi connectivity index (χ3n) is 5.20.